The van der Waals surface area contributed by atoms with Gasteiger partial charge in [0, 0.05) is 43.1 Å². The smallest absolute Gasteiger partial charge is 0.261 e. The van der Waals surface area contributed by atoms with Crippen molar-refractivity contribution in [2.45, 2.75) is 24.8 Å². The Morgan fingerprint density at radius 3 is 2.12 bits per heavy atom. The van der Waals surface area contributed by atoms with Crippen molar-refractivity contribution >= 4 is 27.3 Å². The van der Waals surface area contributed by atoms with E-state index in [1.165, 1.54) is 23.4 Å². The van der Waals surface area contributed by atoms with Gasteiger partial charge >= 0.3 is 0 Å². The monoisotopic (exact) mass is 479 g/mol. The molecular weight excluding hydrogens is 450 g/mol. The third-order valence-corrected chi connectivity index (χ3v) is 7.48. The number of carbonyl (C=O) groups excluding carboxylic acids is 1. The van der Waals surface area contributed by atoms with Crippen LogP contribution < -0.4 is 9.62 Å². The lowest BCUT2D eigenvalue weighted by molar-refractivity contribution is 0.0747. The van der Waals surface area contributed by atoms with Gasteiger partial charge in [-0.1, -0.05) is 30.3 Å². The number of benzene rings is 3. The fourth-order valence-corrected chi connectivity index (χ4v) is 5.13. The highest BCUT2D eigenvalue weighted by atomic mass is 32.2. The largest absolute Gasteiger partial charge is 0.389 e. The van der Waals surface area contributed by atoms with Crippen LogP contribution in [0.4, 0.5) is 11.4 Å². The van der Waals surface area contributed by atoms with Crippen LogP contribution in [0, 0.1) is 6.92 Å². The van der Waals surface area contributed by atoms with E-state index in [9.17, 15) is 18.3 Å². The number of sulfonamides is 1. The summed E-state index contributed by atoms with van der Waals surface area (Å²) in [6.07, 6.45) is -0.666. The first-order chi connectivity index (χ1) is 16.2. The molecule has 1 saturated heterocycles. The number of rotatable bonds is 6. The Morgan fingerprint density at radius 2 is 1.53 bits per heavy atom. The molecule has 178 valence electrons. The van der Waals surface area contributed by atoms with Gasteiger partial charge in [-0.05, 0) is 67.4 Å². The highest BCUT2D eigenvalue weighted by Crippen LogP contribution is 2.23. The van der Waals surface area contributed by atoms with Crippen LogP contribution >= 0.6 is 0 Å². The van der Waals surface area contributed by atoms with Gasteiger partial charge in [0.2, 0.25) is 0 Å². The van der Waals surface area contributed by atoms with Gasteiger partial charge in [0.1, 0.15) is 0 Å². The molecule has 1 aliphatic heterocycles. The minimum Gasteiger partial charge on any atom is -0.389 e. The van der Waals surface area contributed by atoms with Crippen molar-refractivity contribution in [3.8, 4) is 0 Å². The average Bonchev–Trinajstić information content (AvgIpc) is 2.84. The molecule has 0 unspecified atom stereocenters. The SMILES string of the molecule is Cc1ccccc1N1CCN(C(=O)c2ccc(NS(=O)(=O)c3ccc([C@H](C)O)cc3)cc2)CC1. The molecule has 7 nitrogen and oxygen atoms in total. The highest BCUT2D eigenvalue weighted by Gasteiger charge is 2.23. The number of piperazine rings is 1. The van der Waals surface area contributed by atoms with Crippen LogP contribution in [0.5, 0.6) is 0 Å². The molecule has 2 N–H and O–H groups in total. The zero-order valence-electron chi connectivity index (χ0n) is 19.3. The molecule has 34 heavy (non-hydrogen) atoms. The van der Waals surface area contributed by atoms with Gasteiger partial charge in [-0.15, -0.1) is 0 Å². The van der Waals surface area contributed by atoms with Crippen LogP contribution in [-0.4, -0.2) is 50.5 Å². The number of hydrogen-bond donors (Lipinski definition) is 2. The standard InChI is InChI=1S/C26H29N3O4S/c1-19-5-3-4-6-25(19)28-15-17-29(18-16-28)26(31)22-7-11-23(12-8-22)27-34(32,33)24-13-9-21(10-14-24)20(2)30/h3-14,20,27,30H,15-18H2,1-2H3/t20-/m0/s1. The minimum absolute atomic E-state index is 0.0625. The Bertz CT molecular complexity index is 1250. The first kappa shape index (κ1) is 23.8. The van der Waals surface area contributed by atoms with Gasteiger partial charge in [-0.25, -0.2) is 8.42 Å². The first-order valence-electron chi connectivity index (χ1n) is 11.3. The minimum atomic E-state index is -3.78. The van der Waals surface area contributed by atoms with E-state index in [4.69, 9.17) is 0 Å². The molecule has 0 radical (unpaired) electrons. The molecule has 1 aliphatic rings. The number of carbonyl (C=O) groups is 1. The number of amides is 1. The zero-order chi connectivity index (χ0) is 24.3. The van der Waals surface area contributed by atoms with E-state index in [2.05, 4.69) is 28.7 Å². The maximum atomic E-state index is 13.0. The average molecular weight is 480 g/mol. The second kappa shape index (κ2) is 9.87. The van der Waals surface area contributed by atoms with E-state index >= 15 is 0 Å². The van der Waals surface area contributed by atoms with Crippen LogP contribution in [0.1, 0.15) is 34.5 Å². The van der Waals surface area contributed by atoms with E-state index in [1.807, 2.05) is 17.0 Å². The summed E-state index contributed by atoms with van der Waals surface area (Å²) in [6.45, 7) is 6.50. The summed E-state index contributed by atoms with van der Waals surface area (Å²) in [4.78, 5) is 17.2. The summed E-state index contributed by atoms with van der Waals surface area (Å²) in [7, 11) is -3.78. The Hall–Kier alpha value is -3.36. The predicted octanol–water partition coefficient (Wildman–Crippen LogP) is 3.81. The lowest BCUT2D eigenvalue weighted by atomic mass is 10.1. The van der Waals surface area contributed by atoms with Gasteiger partial charge in [0.15, 0.2) is 0 Å². The molecule has 1 amide bonds. The molecule has 0 saturated carbocycles. The van der Waals surface area contributed by atoms with Gasteiger partial charge in [0.05, 0.1) is 11.0 Å². The van der Waals surface area contributed by atoms with E-state index in [0.717, 1.165) is 13.1 Å². The van der Waals surface area contributed by atoms with Gasteiger partial charge in [-0.3, -0.25) is 9.52 Å². The van der Waals surface area contributed by atoms with Crippen LogP contribution in [0.2, 0.25) is 0 Å². The molecule has 1 heterocycles. The number of para-hydroxylation sites is 1. The number of aliphatic hydroxyl groups is 1. The number of aryl methyl sites for hydroxylation is 1. The van der Waals surface area contributed by atoms with E-state index in [0.29, 0.717) is 29.9 Å². The maximum absolute atomic E-state index is 13.0. The molecule has 8 heteroatoms. The summed E-state index contributed by atoms with van der Waals surface area (Å²) < 4.78 is 27.9. The van der Waals surface area contributed by atoms with Crippen molar-refractivity contribution in [1.82, 2.24) is 4.90 Å². The summed E-state index contributed by atoms with van der Waals surface area (Å²) >= 11 is 0. The highest BCUT2D eigenvalue weighted by molar-refractivity contribution is 7.92. The Morgan fingerprint density at radius 1 is 0.912 bits per heavy atom. The molecule has 0 aromatic heterocycles. The third-order valence-electron chi connectivity index (χ3n) is 6.08. The molecule has 4 rings (SSSR count). The third kappa shape index (κ3) is 5.24. The number of anilines is 2. The normalized spacial score (nSPS) is 15.1. The van der Waals surface area contributed by atoms with Crippen molar-refractivity contribution in [1.29, 1.82) is 0 Å². The number of hydrogen-bond acceptors (Lipinski definition) is 5. The summed E-state index contributed by atoms with van der Waals surface area (Å²) in [5.74, 6) is -0.0625. The van der Waals surface area contributed by atoms with E-state index < -0.39 is 16.1 Å². The van der Waals surface area contributed by atoms with E-state index in [1.54, 1.807) is 43.3 Å². The maximum Gasteiger partial charge on any atom is 0.261 e. The lowest BCUT2D eigenvalue weighted by Gasteiger charge is -2.36. The summed E-state index contributed by atoms with van der Waals surface area (Å²) in [6, 6.07) is 20.8. The summed E-state index contributed by atoms with van der Waals surface area (Å²) in [5.41, 5.74) is 3.96. The second-order valence-electron chi connectivity index (χ2n) is 8.49. The fraction of sp³-hybridized carbons (Fsp3) is 0.269. The molecule has 3 aromatic rings. The quantitative estimate of drug-likeness (QED) is 0.561. The van der Waals surface area contributed by atoms with Crippen LogP contribution in [0.3, 0.4) is 0 Å². The van der Waals surface area contributed by atoms with Crippen molar-refractivity contribution < 1.29 is 18.3 Å². The van der Waals surface area contributed by atoms with Crippen LogP contribution in [-0.2, 0) is 10.0 Å². The van der Waals surface area contributed by atoms with E-state index in [-0.39, 0.29) is 10.8 Å². The Balaban J connectivity index is 1.38. The number of nitrogens with one attached hydrogen (secondary N) is 1. The predicted molar refractivity (Wildman–Crippen MR) is 134 cm³/mol. The molecule has 0 bridgehead atoms. The van der Waals surface area contributed by atoms with Crippen LogP contribution in [0.25, 0.3) is 0 Å². The van der Waals surface area contributed by atoms with Gasteiger partial charge in [-0.2, -0.15) is 0 Å². The van der Waals surface area contributed by atoms with Crippen LogP contribution in [0.15, 0.2) is 77.7 Å². The van der Waals surface area contributed by atoms with Crippen molar-refractivity contribution in [3.05, 3.63) is 89.5 Å². The number of nitrogens with zero attached hydrogens (tertiary/aromatic N) is 2. The van der Waals surface area contributed by atoms with Crippen molar-refractivity contribution in [2.24, 2.45) is 0 Å². The molecule has 1 fully saturated rings. The molecule has 1 atom stereocenters. The lowest BCUT2D eigenvalue weighted by Crippen LogP contribution is -2.49. The molecule has 3 aromatic carbocycles. The van der Waals surface area contributed by atoms with Gasteiger partial charge < -0.3 is 14.9 Å². The Kier molecular flexibility index (Phi) is 6.90. The first-order valence-corrected chi connectivity index (χ1v) is 12.7. The van der Waals surface area contributed by atoms with Crippen molar-refractivity contribution in [3.63, 3.8) is 0 Å². The zero-order valence-corrected chi connectivity index (χ0v) is 20.1. The second-order valence-corrected chi connectivity index (χ2v) is 10.2. The molecule has 0 spiro atoms. The Labute approximate surface area is 200 Å². The molecular formula is C26H29N3O4S. The molecule has 0 aliphatic carbocycles. The topological polar surface area (TPSA) is 90.0 Å². The van der Waals surface area contributed by atoms with Gasteiger partial charge in [0.25, 0.3) is 15.9 Å². The fourth-order valence-electron chi connectivity index (χ4n) is 4.07. The number of aliphatic hydroxyl groups excluding tert-OH is 1. The van der Waals surface area contributed by atoms with Crippen molar-refractivity contribution in [2.75, 3.05) is 35.8 Å². The summed E-state index contributed by atoms with van der Waals surface area (Å²) in [5, 5.41) is 9.60.